The van der Waals surface area contributed by atoms with Gasteiger partial charge in [-0.05, 0) is 221 Å². The van der Waals surface area contributed by atoms with Crippen LogP contribution in [0.5, 0.6) is 0 Å². The molecule has 5 amide bonds. The molecule has 5 aliphatic rings. The van der Waals surface area contributed by atoms with Gasteiger partial charge in [-0.25, -0.2) is 24.2 Å². The summed E-state index contributed by atoms with van der Waals surface area (Å²) in [4.78, 5) is 86.6. The molecule has 97 heavy (non-hydrogen) atoms. The summed E-state index contributed by atoms with van der Waals surface area (Å²) in [6.45, 7) is 66.9. The van der Waals surface area contributed by atoms with Crippen LogP contribution >= 0.6 is 0 Å². The molecule has 8 atom stereocenters. The van der Waals surface area contributed by atoms with Gasteiger partial charge >= 0.3 is 0 Å². The van der Waals surface area contributed by atoms with Crippen LogP contribution in [0.25, 0.3) is 24.2 Å². The van der Waals surface area contributed by atoms with Crippen molar-refractivity contribution in [3.05, 3.63) is 173 Å². The number of carbonyl (C=O) groups is 5. The molecular weight excluding hydrogens is 1240 g/mol. The number of aliphatic hydroxyl groups is 3. The molecule has 5 aromatic carbocycles. The van der Waals surface area contributed by atoms with Gasteiger partial charge in [-0.15, -0.1) is 0 Å². The van der Waals surface area contributed by atoms with Crippen LogP contribution in [-0.2, 0) is 33.1 Å². The van der Waals surface area contributed by atoms with Gasteiger partial charge in [0.25, 0.3) is 0 Å². The number of aliphatic hydroxyl groups excluding tert-OH is 3. The molecular formula is C76H94N10O10Si. The zero-order chi connectivity index (χ0) is 72.2. The van der Waals surface area contributed by atoms with Gasteiger partial charge in [0, 0.05) is 74.1 Å². The van der Waals surface area contributed by atoms with E-state index in [-0.39, 0.29) is 72.6 Å². The minimum Gasteiger partial charge on any atom is -0.413 e. The minimum absolute atomic E-state index is 0.0190. The van der Waals surface area contributed by atoms with Crippen molar-refractivity contribution in [3.63, 3.8) is 0 Å². The van der Waals surface area contributed by atoms with Crippen LogP contribution < -0.4 is 24.5 Å². The third-order valence-corrected chi connectivity index (χ3v) is 20.6. The Balaban J connectivity index is 0.000000192. The smallest absolute Gasteiger partial charge is 0.229 e. The monoisotopic (exact) mass is 1330 g/mol. The van der Waals surface area contributed by atoms with E-state index >= 15 is 0 Å². The number of benzene rings is 5. The summed E-state index contributed by atoms with van der Waals surface area (Å²) in [5, 5.41) is 29.0. The molecule has 512 valence electrons. The van der Waals surface area contributed by atoms with E-state index in [1.165, 1.54) is 0 Å². The van der Waals surface area contributed by atoms with Crippen LogP contribution in [0.2, 0.25) is 19.6 Å². The van der Waals surface area contributed by atoms with Gasteiger partial charge in [0.15, 0.2) is 36.8 Å². The van der Waals surface area contributed by atoms with Crippen molar-refractivity contribution in [2.24, 2.45) is 0 Å². The number of hydrogen-bond donors (Lipinski definition) is 3. The number of carbonyl (C=O) groups excluding carboxylic acids is 5. The van der Waals surface area contributed by atoms with Gasteiger partial charge in [-0.1, -0.05) is 30.3 Å². The van der Waals surface area contributed by atoms with Crippen molar-refractivity contribution in [2.45, 2.75) is 223 Å². The summed E-state index contributed by atoms with van der Waals surface area (Å²) in [5.41, 5.74) is 16.8. The normalized spacial score (nSPS) is 19.8. The molecule has 3 N–H and O–H groups in total. The molecule has 5 saturated heterocycles. The van der Waals surface area contributed by atoms with Gasteiger partial charge in [0.05, 0.1) is 81.9 Å². The van der Waals surface area contributed by atoms with Crippen LogP contribution in [0.1, 0.15) is 141 Å². The van der Waals surface area contributed by atoms with E-state index in [1.54, 1.807) is 64.8 Å². The molecule has 5 heterocycles. The second kappa shape index (κ2) is 33.2. The highest BCUT2D eigenvalue weighted by Gasteiger charge is 2.41. The van der Waals surface area contributed by atoms with Crippen molar-refractivity contribution in [3.8, 4) is 0 Å². The van der Waals surface area contributed by atoms with Gasteiger partial charge < -0.3 is 44.1 Å². The number of nitrogens with zero attached hydrogens (tertiary/aromatic N) is 10. The molecule has 5 aromatic rings. The standard InChI is InChI=1S/C18H26N2O2Si.2C15H18N2O2.2C14H16N2O2/c1-12-13(2)16(9-8-15(12)19-4)20-17(10-11-18(20)21)14(3)22-23(5,6)7;2*1-9-10(2)13(6-5-12(9)16-4)17-14(11(3)18)7-8-15(17)19;1-9-10(2)12(6-5-11(9)15-3)16-13(17)7-8-14(16)18-4;1-9-10(2)13(6-5-12(9)15-3)16-11(8-17)4-7-14(16)18/h8-9,14,17H,10-11H2,1-3,5-7H3;2*5-6,11,14,18H,7-8H2,1-3H3;5-6,14H,7-8H2,1-2,4H3;5-6,11,17H,4,7-8H2,1-2H3/t14?,17-;11-,14+;11-,14-;14-;11-/m10101/s1. The predicted octanol–water partition coefficient (Wildman–Crippen LogP) is 15.3. The molecule has 21 heteroatoms. The number of rotatable bonds is 12. The Kier molecular flexibility index (Phi) is 26.4. The van der Waals surface area contributed by atoms with Crippen LogP contribution in [0.4, 0.5) is 56.9 Å². The lowest BCUT2D eigenvalue weighted by molar-refractivity contribution is -0.118. The van der Waals surface area contributed by atoms with Crippen molar-refractivity contribution >= 4 is 94.7 Å². The van der Waals surface area contributed by atoms with E-state index in [2.05, 4.69) is 50.8 Å². The van der Waals surface area contributed by atoms with Crippen molar-refractivity contribution in [1.82, 2.24) is 0 Å². The molecule has 0 spiro atoms. The molecule has 0 bridgehead atoms. The number of amides is 5. The van der Waals surface area contributed by atoms with Crippen molar-refractivity contribution in [2.75, 3.05) is 38.2 Å². The zero-order valence-electron chi connectivity index (χ0n) is 59.3. The Morgan fingerprint density at radius 1 is 0.412 bits per heavy atom. The summed E-state index contributed by atoms with van der Waals surface area (Å²) in [5.74, 6) is 0.374. The largest absolute Gasteiger partial charge is 0.413 e. The van der Waals surface area contributed by atoms with Crippen molar-refractivity contribution < 1.29 is 48.5 Å². The second-order valence-corrected chi connectivity index (χ2v) is 30.9. The maximum atomic E-state index is 12.5. The Bertz CT molecular complexity index is 3830. The van der Waals surface area contributed by atoms with E-state index in [0.717, 1.165) is 96.9 Å². The average molecular weight is 1340 g/mol. The number of methoxy groups -OCH3 is 1. The SMILES string of the molecule is [C-]#[N+]c1ccc(N2C(=O)CC[C@@H]2C(C)O[Si](C)(C)C)c(C)c1C.[C-]#[N+]c1ccc(N2C(=O)CC[C@@H]2CO)c(C)c1C.[C-]#[N+]c1ccc(N2C(=O)CC[C@@H]2OC)c(C)c1C.[C-]#[N+]c1ccc(N2C(=O)CC[C@@H]2[C@@H](C)O)c(C)c1C.[C-]#[N+]c1ccc(N2C(=O)CC[C@@H]2[C@H](C)O)c(C)c1C. The highest BCUT2D eigenvalue weighted by atomic mass is 28.4. The van der Waals surface area contributed by atoms with Crippen LogP contribution in [0.3, 0.4) is 0 Å². The lowest BCUT2D eigenvalue weighted by Gasteiger charge is -2.34. The fourth-order valence-electron chi connectivity index (χ4n) is 13.3. The highest BCUT2D eigenvalue weighted by Crippen LogP contribution is 2.41. The second-order valence-electron chi connectivity index (χ2n) is 26.5. The maximum absolute atomic E-state index is 12.5. The first kappa shape index (κ1) is 76.9. The molecule has 0 aromatic heterocycles. The average Bonchev–Trinajstić information content (AvgIpc) is 1.67. The Morgan fingerprint density at radius 2 is 0.670 bits per heavy atom. The molecule has 20 nitrogen and oxygen atoms in total. The summed E-state index contributed by atoms with van der Waals surface area (Å²) < 4.78 is 11.6. The van der Waals surface area contributed by atoms with E-state index in [1.807, 2.05) is 111 Å². The zero-order valence-corrected chi connectivity index (χ0v) is 60.3. The first-order valence-electron chi connectivity index (χ1n) is 33.0. The molecule has 5 aliphatic heterocycles. The molecule has 10 rings (SSSR count). The lowest BCUT2D eigenvalue weighted by Crippen LogP contribution is -2.45. The Labute approximate surface area is 574 Å². The van der Waals surface area contributed by atoms with Crippen LogP contribution in [0.15, 0.2) is 60.7 Å². The topological polar surface area (TPSA) is 202 Å². The third-order valence-electron chi connectivity index (χ3n) is 19.5. The predicted molar refractivity (Wildman–Crippen MR) is 385 cm³/mol. The van der Waals surface area contributed by atoms with Gasteiger partial charge in [-0.2, -0.15) is 0 Å². The fraction of sp³-hybridized carbons (Fsp3) is 0.474. The van der Waals surface area contributed by atoms with Crippen molar-refractivity contribution in [1.29, 1.82) is 0 Å². The third kappa shape index (κ3) is 17.0. The minimum atomic E-state index is -1.66. The van der Waals surface area contributed by atoms with E-state index in [9.17, 15) is 39.3 Å². The molecule has 0 radical (unpaired) electrons. The molecule has 0 saturated carbocycles. The Morgan fingerprint density at radius 3 is 0.959 bits per heavy atom. The highest BCUT2D eigenvalue weighted by molar-refractivity contribution is 6.69. The van der Waals surface area contributed by atoms with Gasteiger partial charge in [-0.3, -0.25) is 28.9 Å². The van der Waals surface area contributed by atoms with Crippen LogP contribution in [-0.4, -0.2) is 116 Å². The summed E-state index contributed by atoms with van der Waals surface area (Å²) in [6, 6.07) is 17.6. The fourth-order valence-corrected chi connectivity index (χ4v) is 14.6. The van der Waals surface area contributed by atoms with E-state index < -0.39 is 20.5 Å². The maximum Gasteiger partial charge on any atom is 0.229 e. The van der Waals surface area contributed by atoms with E-state index in [0.29, 0.717) is 79.8 Å². The number of anilines is 5. The molecule has 1 unspecified atom stereocenters. The van der Waals surface area contributed by atoms with Gasteiger partial charge in [0.2, 0.25) is 29.5 Å². The van der Waals surface area contributed by atoms with E-state index in [4.69, 9.17) is 42.0 Å². The molecule has 5 fully saturated rings. The Hall–Kier alpha value is -9.08. The number of hydrogen-bond acceptors (Lipinski definition) is 10. The summed E-state index contributed by atoms with van der Waals surface area (Å²) >= 11 is 0. The summed E-state index contributed by atoms with van der Waals surface area (Å²) in [7, 11) is -0.0404. The first-order valence-corrected chi connectivity index (χ1v) is 36.4. The summed E-state index contributed by atoms with van der Waals surface area (Å²) in [6.07, 6.45) is 4.84. The van der Waals surface area contributed by atoms with Gasteiger partial charge in [0.1, 0.15) is 6.23 Å². The van der Waals surface area contributed by atoms with Crippen LogP contribution in [0, 0.1) is 102 Å². The quantitative estimate of drug-likeness (QED) is 0.0797. The first-order chi connectivity index (χ1) is 45.8. The molecule has 0 aliphatic carbocycles. The number of ether oxygens (including phenoxy) is 1. The lowest BCUT2D eigenvalue weighted by atomic mass is 10.0.